The highest BCUT2D eigenvalue weighted by atomic mass is 32.1. The molecule has 14 aromatic rings. The topological polar surface area (TPSA) is 35.6 Å². The van der Waals surface area contributed by atoms with Crippen LogP contribution in [-0.4, -0.2) is 19.1 Å². The van der Waals surface area contributed by atoms with Gasteiger partial charge in [-0.1, -0.05) is 121 Å². The third-order valence-electron chi connectivity index (χ3n) is 12.3. The van der Waals surface area contributed by atoms with Gasteiger partial charge in [-0.3, -0.25) is 4.57 Å². The second-order valence-electron chi connectivity index (χ2n) is 15.2. The molecule has 0 spiro atoms. The fourth-order valence-electron chi connectivity index (χ4n) is 9.97. The van der Waals surface area contributed by atoms with E-state index in [0.29, 0.717) is 5.95 Å². The molecule has 0 fully saturated rings. The maximum Gasteiger partial charge on any atom is 0.235 e. The van der Waals surface area contributed by atoms with Crippen molar-refractivity contribution in [2.45, 2.75) is 0 Å². The van der Waals surface area contributed by atoms with Crippen LogP contribution in [0.3, 0.4) is 0 Å². The molecule has 6 heteroatoms. The van der Waals surface area contributed by atoms with E-state index in [1.54, 1.807) is 11.3 Å². The maximum absolute atomic E-state index is 5.70. The summed E-state index contributed by atoms with van der Waals surface area (Å²) in [4.78, 5) is 11.3. The molecule has 4 nitrogen and oxygen atoms in total. The number of nitrogens with zero attached hydrogens (tertiary/aromatic N) is 4. The van der Waals surface area contributed by atoms with Crippen LogP contribution in [0.4, 0.5) is 0 Å². The average Bonchev–Trinajstić information content (AvgIpc) is 4.03. The lowest BCUT2D eigenvalue weighted by atomic mass is 9.95. The van der Waals surface area contributed by atoms with Crippen molar-refractivity contribution in [2.24, 2.45) is 0 Å². The first-order valence-electron chi connectivity index (χ1n) is 19.6. The molecule has 5 aromatic heterocycles. The first kappa shape index (κ1) is 31.0. The van der Waals surface area contributed by atoms with E-state index in [-0.39, 0.29) is 0 Å². The van der Waals surface area contributed by atoms with Crippen LogP contribution in [0.5, 0.6) is 0 Å². The molecule has 0 atom stereocenters. The van der Waals surface area contributed by atoms with Crippen molar-refractivity contribution in [1.82, 2.24) is 19.1 Å². The van der Waals surface area contributed by atoms with E-state index in [9.17, 15) is 0 Å². The van der Waals surface area contributed by atoms with Crippen molar-refractivity contribution in [1.29, 1.82) is 0 Å². The van der Waals surface area contributed by atoms with Gasteiger partial charge in [0.15, 0.2) is 0 Å². The number of para-hydroxylation sites is 1. The third kappa shape index (κ3) is 3.93. The van der Waals surface area contributed by atoms with Gasteiger partial charge in [0.1, 0.15) is 0 Å². The van der Waals surface area contributed by atoms with Crippen LogP contribution in [0, 0.1) is 0 Å². The molecular formula is C52H28N4S2. The molecule has 0 saturated carbocycles. The summed E-state index contributed by atoms with van der Waals surface area (Å²) in [7, 11) is 0. The Morgan fingerprint density at radius 2 is 0.862 bits per heavy atom. The van der Waals surface area contributed by atoms with Crippen LogP contribution in [0.25, 0.3) is 129 Å². The van der Waals surface area contributed by atoms with E-state index in [0.717, 1.165) is 43.6 Å². The predicted molar refractivity (Wildman–Crippen MR) is 248 cm³/mol. The monoisotopic (exact) mass is 772 g/mol. The van der Waals surface area contributed by atoms with Gasteiger partial charge in [-0.15, -0.1) is 22.7 Å². The van der Waals surface area contributed by atoms with Gasteiger partial charge in [-0.25, -0.2) is 9.97 Å². The SMILES string of the molecule is c1ccc(-n2c3cccc4c5ccccc5c5cccc6c5c5c(c43)c2ccc5n6-c2nc(-c3cccc4c3sc3ccccc34)c3sc4ccccc4c3n2)cc1. The van der Waals surface area contributed by atoms with Crippen LogP contribution >= 0.6 is 22.7 Å². The number of fused-ring (bicyclic) bond motifs is 9. The number of hydrogen-bond donors (Lipinski definition) is 0. The van der Waals surface area contributed by atoms with Crippen molar-refractivity contribution >= 4 is 128 Å². The van der Waals surface area contributed by atoms with Gasteiger partial charge in [0, 0.05) is 63.1 Å². The second-order valence-corrected chi connectivity index (χ2v) is 17.3. The quantitative estimate of drug-likeness (QED) is 0.179. The fraction of sp³-hybridized carbons (Fsp3) is 0. The highest BCUT2D eigenvalue weighted by Gasteiger charge is 2.26. The zero-order chi connectivity index (χ0) is 37.6. The molecule has 0 radical (unpaired) electrons. The zero-order valence-corrected chi connectivity index (χ0v) is 32.4. The van der Waals surface area contributed by atoms with E-state index < -0.39 is 0 Å². The summed E-state index contributed by atoms with van der Waals surface area (Å²) in [5.41, 5.74) is 8.83. The van der Waals surface area contributed by atoms with E-state index in [1.807, 2.05) is 11.3 Å². The molecule has 0 N–H and O–H groups in total. The van der Waals surface area contributed by atoms with E-state index in [2.05, 4.69) is 179 Å². The van der Waals surface area contributed by atoms with Crippen molar-refractivity contribution in [3.05, 3.63) is 170 Å². The Bertz CT molecular complexity index is 4030. The largest absolute Gasteiger partial charge is 0.309 e. The van der Waals surface area contributed by atoms with Gasteiger partial charge in [0.2, 0.25) is 5.95 Å². The standard InChI is InChI=1S/C52H28N4S2/c1-2-13-29(14-3-1)55-38-23-11-19-33-30-15-4-5-16-31(30)34-20-12-24-39-45(34)47-41(28-27-40(55)46(47)44(33)38)56(39)52-53-48-36-18-7-9-26-43(36)58-51(48)49(54-52)37-22-10-21-35-32-17-6-8-25-42(32)57-50(35)37/h1-28H. The molecule has 0 aliphatic rings. The zero-order valence-electron chi connectivity index (χ0n) is 30.8. The molecule has 0 amide bonds. The van der Waals surface area contributed by atoms with E-state index in [4.69, 9.17) is 9.97 Å². The van der Waals surface area contributed by atoms with Crippen molar-refractivity contribution in [3.8, 4) is 22.9 Å². The Balaban J connectivity index is 1.20. The Hall–Kier alpha value is -7.12. The molecule has 9 aromatic carbocycles. The van der Waals surface area contributed by atoms with E-state index in [1.165, 1.54) is 79.0 Å². The fourth-order valence-corrected chi connectivity index (χ4v) is 12.3. The average molecular weight is 773 g/mol. The van der Waals surface area contributed by atoms with Gasteiger partial charge in [-0.2, -0.15) is 0 Å². The van der Waals surface area contributed by atoms with Gasteiger partial charge in [-0.05, 0) is 70.1 Å². The molecule has 58 heavy (non-hydrogen) atoms. The number of thiophene rings is 2. The Kier molecular flexibility index (Phi) is 6.02. The predicted octanol–water partition coefficient (Wildman–Crippen LogP) is 14.8. The van der Waals surface area contributed by atoms with Crippen LogP contribution < -0.4 is 0 Å². The molecule has 5 heterocycles. The summed E-state index contributed by atoms with van der Waals surface area (Å²) < 4.78 is 9.64. The van der Waals surface area contributed by atoms with Crippen molar-refractivity contribution in [2.75, 3.05) is 0 Å². The molecule has 14 rings (SSSR count). The minimum Gasteiger partial charge on any atom is -0.309 e. The summed E-state index contributed by atoms with van der Waals surface area (Å²) in [6, 6.07) is 62.0. The highest BCUT2D eigenvalue weighted by molar-refractivity contribution is 7.27. The minimum atomic E-state index is 0.681. The summed E-state index contributed by atoms with van der Waals surface area (Å²) >= 11 is 3.64. The van der Waals surface area contributed by atoms with E-state index >= 15 is 0 Å². The Morgan fingerprint density at radius 3 is 1.59 bits per heavy atom. The van der Waals surface area contributed by atoms with Gasteiger partial charge < -0.3 is 4.57 Å². The molecule has 0 aliphatic heterocycles. The molecule has 268 valence electrons. The lowest BCUT2D eigenvalue weighted by Crippen LogP contribution is -2.02. The molecule has 0 unspecified atom stereocenters. The molecule has 0 saturated heterocycles. The first-order chi connectivity index (χ1) is 28.8. The van der Waals surface area contributed by atoms with Gasteiger partial charge in [0.05, 0.1) is 38.0 Å². The number of hydrogen-bond acceptors (Lipinski definition) is 4. The summed E-state index contributed by atoms with van der Waals surface area (Å²) in [5, 5.41) is 13.6. The molecule has 0 bridgehead atoms. The van der Waals surface area contributed by atoms with Gasteiger partial charge in [0.25, 0.3) is 0 Å². The van der Waals surface area contributed by atoms with Crippen molar-refractivity contribution in [3.63, 3.8) is 0 Å². The normalized spacial score (nSPS) is 12.5. The lowest BCUT2D eigenvalue weighted by Gasteiger charge is -2.11. The lowest BCUT2D eigenvalue weighted by molar-refractivity contribution is 1.02. The third-order valence-corrected chi connectivity index (χ3v) is 14.7. The Morgan fingerprint density at radius 1 is 0.345 bits per heavy atom. The molecule has 0 aliphatic carbocycles. The van der Waals surface area contributed by atoms with Gasteiger partial charge >= 0.3 is 0 Å². The van der Waals surface area contributed by atoms with Crippen LogP contribution in [0.2, 0.25) is 0 Å². The van der Waals surface area contributed by atoms with Crippen LogP contribution in [0.15, 0.2) is 170 Å². The second kappa shape index (κ2) is 11.3. The highest BCUT2D eigenvalue weighted by Crippen LogP contribution is 2.49. The summed E-state index contributed by atoms with van der Waals surface area (Å²) in [5.74, 6) is 0.681. The van der Waals surface area contributed by atoms with Crippen LogP contribution in [-0.2, 0) is 0 Å². The number of aromatic nitrogens is 4. The molecular weight excluding hydrogens is 745 g/mol. The van der Waals surface area contributed by atoms with Crippen LogP contribution in [0.1, 0.15) is 0 Å². The Labute approximate surface area is 338 Å². The number of benzene rings is 8. The summed E-state index contributed by atoms with van der Waals surface area (Å²) in [6.07, 6.45) is 0. The number of rotatable bonds is 3. The smallest absolute Gasteiger partial charge is 0.235 e. The summed E-state index contributed by atoms with van der Waals surface area (Å²) in [6.45, 7) is 0. The van der Waals surface area contributed by atoms with Crippen molar-refractivity contribution < 1.29 is 0 Å². The minimum absolute atomic E-state index is 0.681. The maximum atomic E-state index is 5.70. The first-order valence-corrected chi connectivity index (χ1v) is 21.2.